The van der Waals surface area contributed by atoms with Crippen LogP contribution >= 0.6 is 0 Å². The Hall–Kier alpha value is -0.860. The van der Waals surface area contributed by atoms with Gasteiger partial charge < -0.3 is 4.90 Å². The van der Waals surface area contributed by atoms with Gasteiger partial charge in [0.25, 0.3) is 5.91 Å². The molecular formula is C7H10N2O. The van der Waals surface area contributed by atoms with E-state index in [2.05, 4.69) is 9.89 Å². The molecule has 10 heavy (non-hydrogen) atoms. The van der Waals surface area contributed by atoms with Gasteiger partial charge in [-0.3, -0.25) is 4.79 Å². The number of carbonyl (C=O) groups is 1. The summed E-state index contributed by atoms with van der Waals surface area (Å²) in [6, 6.07) is 0. The number of aliphatic imine (C=N–C) groups is 1. The van der Waals surface area contributed by atoms with Crippen LogP contribution in [0.2, 0.25) is 0 Å². The van der Waals surface area contributed by atoms with E-state index in [0.717, 1.165) is 18.8 Å². The van der Waals surface area contributed by atoms with Gasteiger partial charge in [-0.15, -0.1) is 0 Å². The van der Waals surface area contributed by atoms with Gasteiger partial charge in [-0.25, -0.2) is 0 Å². The molecule has 0 aromatic rings. The van der Waals surface area contributed by atoms with Crippen LogP contribution in [-0.2, 0) is 4.79 Å². The lowest BCUT2D eigenvalue weighted by molar-refractivity contribution is -0.117. The zero-order valence-corrected chi connectivity index (χ0v) is 5.84. The van der Waals surface area contributed by atoms with Gasteiger partial charge in [0.05, 0.1) is 0 Å². The van der Waals surface area contributed by atoms with E-state index in [4.69, 9.17) is 0 Å². The van der Waals surface area contributed by atoms with E-state index in [1.54, 1.807) is 0 Å². The molecule has 0 spiro atoms. The summed E-state index contributed by atoms with van der Waals surface area (Å²) in [5.41, 5.74) is 0. The molecule has 2 aliphatic heterocycles. The van der Waals surface area contributed by atoms with E-state index in [9.17, 15) is 4.79 Å². The zero-order valence-electron chi connectivity index (χ0n) is 5.84. The van der Waals surface area contributed by atoms with Crippen LogP contribution in [0, 0.1) is 0 Å². The number of amidine groups is 1. The monoisotopic (exact) mass is 138 g/mol. The Kier molecular flexibility index (Phi) is 1.22. The van der Waals surface area contributed by atoms with E-state index < -0.39 is 0 Å². The maximum atomic E-state index is 10.8. The van der Waals surface area contributed by atoms with Gasteiger partial charge in [0.2, 0.25) is 0 Å². The molecule has 2 rings (SSSR count). The Morgan fingerprint density at radius 3 is 3.10 bits per heavy atom. The summed E-state index contributed by atoms with van der Waals surface area (Å²) >= 11 is 0. The zero-order chi connectivity index (χ0) is 6.97. The largest absolute Gasteiger partial charge is 0.351 e. The lowest BCUT2D eigenvalue weighted by Crippen LogP contribution is -2.32. The smallest absolute Gasteiger partial charge is 0.266 e. The van der Waals surface area contributed by atoms with Crippen molar-refractivity contribution in [3.05, 3.63) is 0 Å². The Morgan fingerprint density at radius 2 is 2.30 bits per heavy atom. The quantitative estimate of drug-likeness (QED) is 0.485. The lowest BCUT2D eigenvalue weighted by Gasteiger charge is -2.23. The van der Waals surface area contributed by atoms with Crippen molar-refractivity contribution in [1.82, 2.24) is 4.90 Å². The van der Waals surface area contributed by atoms with Gasteiger partial charge in [0.1, 0.15) is 12.4 Å². The van der Waals surface area contributed by atoms with Crippen molar-refractivity contribution in [2.45, 2.75) is 19.3 Å². The summed E-state index contributed by atoms with van der Waals surface area (Å²) in [4.78, 5) is 16.8. The molecule has 3 nitrogen and oxygen atoms in total. The lowest BCUT2D eigenvalue weighted by atomic mass is 10.1. The van der Waals surface area contributed by atoms with Crippen molar-refractivity contribution < 1.29 is 4.79 Å². The van der Waals surface area contributed by atoms with Crippen LogP contribution in [0.15, 0.2) is 4.99 Å². The fourth-order valence-electron chi connectivity index (χ4n) is 1.51. The van der Waals surface area contributed by atoms with Crippen molar-refractivity contribution in [2.24, 2.45) is 4.99 Å². The van der Waals surface area contributed by atoms with Crippen LogP contribution < -0.4 is 0 Å². The summed E-state index contributed by atoms with van der Waals surface area (Å²) in [7, 11) is 0. The van der Waals surface area contributed by atoms with Gasteiger partial charge in [-0.2, -0.15) is 4.99 Å². The highest BCUT2D eigenvalue weighted by atomic mass is 16.2. The third-order valence-electron chi connectivity index (χ3n) is 2.02. The third-order valence-corrected chi connectivity index (χ3v) is 2.02. The summed E-state index contributed by atoms with van der Waals surface area (Å²) in [6.45, 7) is 1.57. The first-order chi connectivity index (χ1) is 4.86. The van der Waals surface area contributed by atoms with Gasteiger partial charge in [-0.1, -0.05) is 0 Å². The molecule has 0 aromatic carbocycles. The highest BCUT2D eigenvalue weighted by molar-refractivity contribution is 6.01. The molecule has 1 fully saturated rings. The Labute approximate surface area is 59.7 Å². The SMILES string of the molecule is O=C1CN2CCCCC2=N1. The van der Waals surface area contributed by atoms with E-state index >= 15 is 0 Å². The normalized spacial score (nSPS) is 24.6. The van der Waals surface area contributed by atoms with Crippen molar-refractivity contribution in [3.63, 3.8) is 0 Å². The Bertz CT molecular complexity index is 198. The first-order valence-electron chi connectivity index (χ1n) is 3.71. The summed E-state index contributed by atoms with van der Waals surface area (Å²) in [5.74, 6) is 1.06. The summed E-state index contributed by atoms with van der Waals surface area (Å²) < 4.78 is 0. The topological polar surface area (TPSA) is 32.7 Å². The van der Waals surface area contributed by atoms with Crippen LogP contribution in [0.4, 0.5) is 0 Å². The minimum Gasteiger partial charge on any atom is -0.351 e. The molecule has 0 unspecified atom stereocenters. The molecule has 1 saturated heterocycles. The first-order valence-corrected chi connectivity index (χ1v) is 3.71. The molecule has 0 atom stereocenters. The number of hydrogen-bond donors (Lipinski definition) is 0. The fraction of sp³-hybridized carbons (Fsp3) is 0.714. The fourth-order valence-corrected chi connectivity index (χ4v) is 1.51. The number of piperidine rings is 1. The molecule has 0 aliphatic carbocycles. The predicted molar refractivity (Wildman–Crippen MR) is 37.9 cm³/mol. The average Bonchev–Trinajstić information content (AvgIpc) is 2.27. The number of amides is 1. The van der Waals surface area contributed by atoms with Crippen LogP contribution in [0.5, 0.6) is 0 Å². The summed E-state index contributed by atoms with van der Waals surface area (Å²) in [5, 5.41) is 0. The van der Waals surface area contributed by atoms with Crippen molar-refractivity contribution in [3.8, 4) is 0 Å². The first kappa shape index (κ1) is 5.89. The molecule has 0 radical (unpaired) electrons. The maximum absolute atomic E-state index is 10.8. The number of hydrogen-bond acceptors (Lipinski definition) is 2. The molecular weight excluding hydrogens is 128 g/mol. The van der Waals surface area contributed by atoms with Gasteiger partial charge in [-0.05, 0) is 12.8 Å². The van der Waals surface area contributed by atoms with Crippen LogP contribution in [0.25, 0.3) is 0 Å². The summed E-state index contributed by atoms with van der Waals surface area (Å²) in [6.07, 6.45) is 3.42. The third kappa shape index (κ3) is 0.818. The number of carbonyl (C=O) groups excluding carboxylic acids is 1. The van der Waals surface area contributed by atoms with Gasteiger partial charge >= 0.3 is 0 Å². The number of fused-ring (bicyclic) bond motifs is 1. The van der Waals surface area contributed by atoms with E-state index in [1.807, 2.05) is 0 Å². The molecule has 0 saturated carbocycles. The molecule has 0 N–H and O–H groups in total. The molecule has 1 amide bonds. The maximum Gasteiger partial charge on any atom is 0.266 e. The van der Waals surface area contributed by atoms with E-state index in [0.29, 0.717) is 6.54 Å². The predicted octanol–water partition coefficient (Wildman–Crippen LogP) is 0.411. The minimum absolute atomic E-state index is 0.0388. The van der Waals surface area contributed by atoms with Gasteiger partial charge in [0.15, 0.2) is 0 Å². The van der Waals surface area contributed by atoms with E-state index in [-0.39, 0.29) is 5.91 Å². The average molecular weight is 138 g/mol. The number of nitrogens with zero attached hydrogens (tertiary/aromatic N) is 2. The van der Waals surface area contributed by atoms with E-state index in [1.165, 1.54) is 12.8 Å². The molecule has 0 aromatic heterocycles. The molecule has 2 heterocycles. The van der Waals surface area contributed by atoms with Crippen molar-refractivity contribution in [2.75, 3.05) is 13.1 Å². The molecule has 0 bridgehead atoms. The standard InChI is InChI=1S/C7H10N2O/c10-7-5-9-4-2-1-3-6(9)8-7/h1-5H2. The molecule has 3 heteroatoms. The van der Waals surface area contributed by atoms with Crippen LogP contribution in [0.1, 0.15) is 19.3 Å². The minimum atomic E-state index is 0.0388. The second kappa shape index (κ2) is 2.08. The molecule has 2 aliphatic rings. The Morgan fingerprint density at radius 1 is 1.40 bits per heavy atom. The van der Waals surface area contributed by atoms with Crippen LogP contribution in [-0.4, -0.2) is 29.7 Å². The highest BCUT2D eigenvalue weighted by Gasteiger charge is 2.24. The Balaban J connectivity index is 2.17. The van der Waals surface area contributed by atoms with Gasteiger partial charge in [0, 0.05) is 13.0 Å². The highest BCUT2D eigenvalue weighted by Crippen LogP contribution is 2.15. The van der Waals surface area contributed by atoms with Crippen molar-refractivity contribution >= 4 is 11.7 Å². The molecule has 54 valence electrons. The van der Waals surface area contributed by atoms with Crippen LogP contribution in [0.3, 0.4) is 0 Å². The van der Waals surface area contributed by atoms with Crippen molar-refractivity contribution in [1.29, 1.82) is 0 Å². The second-order valence-electron chi connectivity index (χ2n) is 2.80. The number of rotatable bonds is 0. The second-order valence-corrected chi connectivity index (χ2v) is 2.80.